The van der Waals surface area contributed by atoms with E-state index in [0.717, 1.165) is 23.7 Å². The van der Waals surface area contributed by atoms with Crippen molar-refractivity contribution in [3.63, 3.8) is 0 Å². The van der Waals surface area contributed by atoms with Gasteiger partial charge in [0.2, 0.25) is 0 Å². The van der Waals surface area contributed by atoms with Crippen LogP contribution in [0.25, 0.3) is 10.9 Å². The van der Waals surface area contributed by atoms with Gasteiger partial charge in [-0.1, -0.05) is 18.2 Å². The zero-order chi connectivity index (χ0) is 14.8. The highest BCUT2D eigenvalue weighted by Gasteiger charge is 2.17. The minimum atomic E-state index is -0.0195. The van der Waals surface area contributed by atoms with Crippen LogP contribution in [0.5, 0.6) is 0 Å². The summed E-state index contributed by atoms with van der Waals surface area (Å²) in [5.74, 6) is 0.426. The number of pyridine rings is 1. The molecule has 1 fully saturated rings. The molecule has 0 saturated heterocycles. The smallest absolute Gasteiger partial charge is 0.255 e. The number of fused-ring (bicyclic) bond motifs is 1. The largest absolute Gasteiger partial charge is 0.370 e. The molecule has 0 atom stereocenters. The molecule has 2 aromatic rings. The Labute approximate surface area is 123 Å². The quantitative estimate of drug-likeness (QED) is 0.662. The number of para-hydroxylation sites is 1. The summed E-state index contributed by atoms with van der Waals surface area (Å²) >= 11 is 0. The first kappa shape index (κ1) is 13.7. The van der Waals surface area contributed by atoms with E-state index in [9.17, 15) is 4.79 Å². The van der Waals surface area contributed by atoms with Gasteiger partial charge in [0.05, 0.1) is 12.1 Å². The average Bonchev–Trinajstić information content (AvgIpc) is 2.45. The lowest BCUT2D eigenvalue weighted by molar-refractivity contribution is 0.382. The third-order valence-electron chi connectivity index (χ3n) is 4.08. The van der Waals surface area contributed by atoms with Crippen molar-refractivity contribution in [2.24, 2.45) is 17.8 Å². The summed E-state index contributed by atoms with van der Waals surface area (Å²) in [4.78, 5) is 16.6. The minimum absolute atomic E-state index is 0.0195. The highest BCUT2D eigenvalue weighted by molar-refractivity contribution is 5.80. The summed E-state index contributed by atoms with van der Waals surface area (Å²) in [5.41, 5.74) is 7.43. The molecule has 1 aliphatic carbocycles. The fraction of sp³-hybridized carbons (Fsp3) is 0.375. The maximum absolute atomic E-state index is 12.3. The summed E-state index contributed by atoms with van der Waals surface area (Å²) in [7, 11) is 1.79. The van der Waals surface area contributed by atoms with E-state index >= 15 is 0 Å². The number of guanidine groups is 1. The van der Waals surface area contributed by atoms with E-state index in [1.54, 1.807) is 11.6 Å². The Kier molecular flexibility index (Phi) is 3.64. The summed E-state index contributed by atoms with van der Waals surface area (Å²) in [5, 5.41) is 4.21. The molecule has 5 heteroatoms. The lowest BCUT2D eigenvalue weighted by Gasteiger charge is -2.26. The van der Waals surface area contributed by atoms with Gasteiger partial charge in [-0.15, -0.1) is 0 Å². The second-order valence-corrected chi connectivity index (χ2v) is 5.57. The fourth-order valence-corrected chi connectivity index (χ4v) is 2.58. The third kappa shape index (κ3) is 2.77. The zero-order valence-corrected chi connectivity index (χ0v) is 12.2. The van der Waals surface area contributed by atoms with Crippen molar-refractivity contribution in [2.45, 2.75) is 31.8 Å². The number of aliphatic imine (C=N–C) groups is 1. The molecule has 1 aromatic carbocycles. The number of benzene rings is 1. The number of nitrogens with one attached hydrogen (secondary N) is 1. The summed E-state index contributed by atoms with van der Waals surface area (Å²) in [6, 6.07) is 10.2. The first-order valence-corrected chi connectivity index (χ1v) is 7.29. The molecule has 1 heterocycles. The van der Waals surface area contributed by atoms with Crippen LogP contribution in [0.2, 0.25) is 0 Å². The Balaban J connectivity index is 1.84. The molecular weight excluding hydrogens is 264 g/mol. The standard InChI is InChI=1S/C16H20N4O/c1-20-14-8-3-2-5-11(14)9-12(15(20)21)10-18-16(17)19-13-6-4-7-13/h2-3,5,8-9,13H,4,6-7,10H2,1H3,(H3,17,18,19). The molecule has 1 saturated carbocycles. The van der Waals surface area contributed by atoms with Gasteiger partial charge in [-0.25, -0.2) is 4.99 Å². The number of nitrogens with zero attached hydrogens (tertiary/aromatic N) is 2. The molecule has 1 aromatic heterocycles. The van der Waals surface area contributed by atoms with Crippen molar-refractivity contribution < 1.29 is 0 Å². The van der Waals surface area contributed by atoms with Crippen LogP contribution in [0.15, 0.2) is 40.1 Å². The second-order valence-electron chi connectivity index (χ2n) is 5.57. The van der Waals surface area contributed by atoms with Gasteiger partial charge in [-0.05, 0) is 36.8 Å². The Morgan fingerprint density at radius 2 is 2.19 bits per heavy atom. The molecule has 110 valence electrons. The number of aryl methyl sites for hydroxylation is 1. The van der Waals surface area contributed by atoms with Crippen molar-refractivity contribution in [3.8, 4) is 0 Å². The van der Waals surface area contributed by atoms with Gasteiger partial charge in [0.25, 0.3) is 5.56 Å². The predicted octanol–water partition coefficient (Wildman–Crippen LogP) is 1.50. The average molecular weight is 284 g/mol. The normalized spacial score (nSPS) is 16.0. The van der Waals surface area contributed by atoms with Gasteiger partial charge in [-0.2, -0.15) is 0 Å². The van der Waals surface area contributed by atoms with Gasteiger partial charge in [-0.3, -0.25) is 4.79 Å². The predicted molar refractivity (Wildman–Crippen MR) is 85.3 cm³/mol. The van der Waals surface area contributed by atoms with Gasteiger partial charge >= 0.3 is 0 Å². The van der Waals surface area contributed by atoms with Crippen LogP contribution in [-0.2, 0) is 13.6 Å². The van der Waals surface area contributed by atoms with Crippen molar-refractivity contribution in [3.05, 3.63) is 46.2 Å². The number of nitrogens with two attached hydrogens (primary N) is 1. The Bertz CT molecular complexity index is 744. The Morgan fingerprint density at radius 3 is 2.90 bits per heavy atom. The van der Waals surface area contributed by atoms with E-state index in [4.69, 9.17) is 5.73 Å². The van der Waals surface area contributed by atoms with Crippen LogP contribution < -0.4 is 16.6 Å². The van der Waals surface area contributed by atoms with Gasteiger partial charge in [0.15, 0.2) is 5.96 Å². The van der Waals surface area contributed by atoms with Gasteiger partial charge in [0.1, 0.15) is 0 Å². The van der Waals surface area contributed by atoms with Gasteiger partial charge < -0.3 is 15.6 Å². The molecule has 21 heavy (non-hydrogen) atoms. The van der Waals surface area contributed by atoms with Crippen LogP contribution in [0.4, 0.5) is 0 Å². The maximum atomic E-state index is 12.3. The number of hydrogen-bond acceptors (Lipinski definition) is 2. The maximum Gasteiger partial charge on any atom is 0.255 e. The molecule has 5 nitrogen and oxygen atoms in total. The molecule has 0 amide bonds. The molecule has 3 N–H and O–H groups in total. The summed E-state index contributed by atoms with van der Waals surface area (Å²) in [6.45, 7) is 0.309. The Hall–Kier alpha value is -2.30. The minimum Gasteiger partial charge on any atom is -0.370 e. The first-order chi connectivity index (χ1) is 10.1. The van der Waals surface area contributed by atoms with Crippen LogP contribution in [0.1, 0.15) is 24.8 Å². The number of rotatable bonds is 3. The number of aromatic nitrogens is 1. The monoisotopic (exact) mass is 284 g/mol. The van der Waals surface area contributed by atoms with E-state index in [0.29, 0.717) is 24.1 Å². The van der Waals surface area contributed by atoms with E-state index in [2.05, 4.69) is 10.3 Å². The molecule has 0 unspecified atom stereocenters. The SMILES string of the molecule is Cn1c(=O)c(CN=C(N)NC2CCC2)cc2ccccc21. The molecule has 0 bridgehead atoms. The summed E-state index contributed by atoms with van der Waals surface area (Å²) in [6.07, 6.45) is 3.54. The third-order valence-corrected chi connectivity index (χ3v) is 4.08. The molecule has 1 aliphatic rings. The fourth-order valence-electron chi connectivity index (χ4n) is 2.58. The van der Waals surface area contributed by atoms with E-state index in [1.807, 2.05) is 30.3 Å². The number of hydrogen-bond donors (Lipinski definition) is 2. The molecule has 0 aliphatic heterocycles. The Morgan fingerprint density at radius 1 is 1.43 bits per heavy atom. The van der Waals surface area contributed by atoms with Crippen molar-refractivity contribution in [2.75, 3.05) is 0 Å². The van der Waals surface area contributed by atoms with E-state index < -0.39 is 0 Å². The lowest BCUT2D eigenvalue weighted by Crippen LogP contribution is -2.43. The van der Waals surface area contributed by atoms with Crippen LogP contribution in [0, 0.1) is 0 Å². The van der Waals surface area contributed by atoms with Crippen molar-refractivity contribution in [1.29, 1.82) is 0 Å². The van der Waals surface area contributed by atoms with Gasteiger partial charge in [0, 0.05) is 18.7 Å². The first-order valence-electron chi connectivity index (χ1n) is 7.29. The van der Waals surface area contributed by atoms with Crippen molar-refractivity contribution >= 4 is 16.9 Å². The molecular formula is C16H20N4O. The van der Waals surface area contributed by atoms with Crippen LogP contribution in [0.3, 0.4) is 0 Å². The highest BCUT2D eigenvalue weighted by Crippen LogP contribution is 2.17. The van der Waals surface area contributed by atoms with E-state index in [-0.39, 0.29) is 5.56 Å². The van der Waals surface area contributed by atoms with Crippen molar-refractivity contribution in [1.82, 2.24) is 9.88 Å². The highest BCUT2D eigenvalue weighted by atomic mass is 16.1. The topological polar surface area (TPSA) is 72.4 Å². The molecule has 3 rings (SSSR count). The lowest BCUT2D eigenvalue weighted by atomic mass is 9.93. The molecule has 0 radical (unpaired) electrons. The van der Waals surface area contributed by atoms with Crippen LogP contribution >= 0.6 is 0 Å². The second kappa shape index (κ2) is 5.60. The molecule has 0 spiro atoms. The summed E-state index contributed by atoms with van der Waals surface area (Å²) < 4.78 is 1.66. The van der Waals surface area contributed by atoms with Crippen LogP contribution in [-0.4, -0.2) is 16.6 Å². The van der Waals surface area contributed by atoms with E-state index in [1.165, 1.54) is 6.42 Å². The zero-order valence-electron chi connectivity index (χ0n) is 12.2.